The number of fused-ring (bicyclic) bond motifs is 4. The maximum Gasteiger partial charge on any atom is 0.240 e. The van der Waals surface area contributed by atoms with E-state index in [0.717, 1.165) is 45.6 Å². The van der Waals surface area contributed by atoms with Gasteiger partial charge in [-0.1, -0.05) is 35.9 Å². The molecule has 4 heterocycles. The molecular formula is C24H30ClN3O2S. The Balaban J connectivity index is 1.16. The number of nitrogens with one attached hydrogen (secondary N) is 1. The Labute approximate surface area is 190 Å². The van der Waals surface area contributed by atoms with Crippen molar-refractivity contribution in [2.75, 3.05) is 32.7 Å². The third-order valence-electron chi connectivity index (χ3n) is 7.35. The van der Waals surface area contributed by atoms with Crippen LogP contribution in [0.4, 0.5) is 0 Å². The zero-order chi connectivity index (χ0) is 21.4. The zero-order valence-electron chi connectivity index (χ0n) is 17.7. The summed E-state index contributed by atoms with van der Waals surface area (Å²) in [5.74, 6) is 1.37. The summed E-state index contributed by atoms with van der Waals surface area (Å²) in [6.45, 7) is 5.99. The fourth-order valence-corrected chi connectivity index (χ4v) is 6.81. The summed E-state index contributed by atoms with van der Waals surface area (Å²) >= 11 is 5.89. The van der Waals surface area contributed by atoms with Crippen molar-refractivity contribution in [1.82, 2.24) is 14.5 Å². The Bertz CT molecular complexity index is 1030. The van der Waals surface area contributed by atoms with Gasteiger partial charge in [-0.2, -0.15) is 0 Å². The third kappa shape index (κ3) is 4.69. The van der Waals surface area contributed by atoms with Gasteiger partial charge in [-0.25, -0.2) is 13.1 Å². The minimum absolute atomic E-state index is 0.274. The van der Waals surface area contributed by atoms with Crippen LogP contribution in [0.25, 0.3) is 0 Å². The molecule has 2 aromatic carbocycles. The summed E-state index contributed by atoms with van der Waals surface area (Å²) in [6.07, 6.45) is 3.46. The van der Waals surface area contributed by atoms with Crippen LogP contribution in [-0.4, -0.2) is 57.0 Å². The van der Waals surface area contributed by atoms with Crippen molar-refractivity contribution < 1.29 is 8.42 Å². The summed E-state index contributed by atoms with van der Waals surface area (Å²) in [5, 5.41) is 0.540. The molecule has 6 rings (SSSR count). The van der Waals surface area contributed by atoms with Crippen LogP contribution < -0.4 is 4.72 Å². The molecule has 0 aliphatic carbocycles. The molecule has 0 radical (unpaired) electrons. The van der Waals surface area contributed by atoms with E-state index in [2.05, 4.69) is 38.8 Å². The van der Waals surface area contributed by atoms with Crippen molar-refractivity contribution in [3.05, 3.63) is 64.7 Å². The highest BCUT2D eigenvalue weighted by atomic mass is 35.5. The lowest BCUT2D eigenvalue weighted by molar-refractivity contribution is -0.0118. The van der Waals surface area contributed by atoms with Gasteiger partial charge < -0.3 is 0 Å². The van der Waals surface area contributed by atoms with Crippen LogP contribution in [0.1, 0.15) is 24.0 Å². The quantitative estimate of drug-likeness (QED) is 0.719. The molecule has 1 N–H and O–H groups in total. The average Bonchev–Trinajstić information content (AvgIpc) is 2.79. The number of halogens is 1. The Morgan fingerprint density at radius 3 is 2.55 bits per heavy atom. The van der Waals surface area contributed by atoms with Crippen molar-refractivity contribution in [2.45, 2.75) is 36.7 Å². The number of piperidine rings is 3. The fourth-order valence-electron chi connectivity index (χ4n) is 5.61. The highest BCUT2D eigenvalue weighted by Crippen LogP contribution is 2.37. The molecule has 0 amide bonds. The van der Waals surface area contributed by atoms with Gasteiger partial charge in [-0.15, -0.1) is 0 Å². The van der Waals surface area contributed by atoms with E-state index in [-0.39, 0.29) is 4.90 Å². The molecule has 31 heavy (non-hydrogen) atoms. The lowest BCUT2D eigenvalue weighted by Gasteiger charge is -2.51. The lowest BCUT2D eigenvalue weighted by atomic mass is 9.75. The van der Waals surface area contributed by atoms with Crippen LogP contribution in [0.15, 0.2) is 53.4 Å². The second-order valence-electron chi connectivity index (χ2n) is 9.25. The van der Waals surface area contributed by atoms with Gasteiger partial charge in [-0.3, -0.25) is 9.80 Å². The van der Waals surface area contributed by atoms with Crippen molar-refractivity contribution in [3.63, 3.8) is 0 Å². The third-order valence-corrected chi connectivity index (χ3v) is 9.04. The molecule has 0 aromatic heterocycles. The van der Waals surface area contributed by atoms with Gasteiger partial charge in [0, 0.05) is 43.8 Å². The molecule has 7 heteroatoms. The fraction of sp³-hybridized carbons (Fsp3) is 0.500. The molecular weight excluding hydrogens is 430 g/mol. The standard InChI is InChI=1S/C24H30ClN3O2S/c25-22-5-7-24(8-6-22)31(29,30)26-14-23-13-19-10-12-28(23)17-21(19)16-27-11-9-18-3-1-2-4-20(18)15-27/h1-8,19,21,23,26H,9-17H2. The molecule has 4 unspecified atom stereocenters. The molecule has 166 valence electrons. The topological polar surface area (TPSA) is 52.7 Å². The lowest BCUT2D eigenvalue weighted by Crippen LogP contribution is -2.58. The van der Waals surface area contributed by atoms with Crippen LogP contribution in [0.5, 0.6) is 0 Å². The predicted molar refractivity (Wildman–Crippen MR) is 124 cm³/mol. The minimum atomic E-state index is -3.50. The molecule has 0 saturated carbocycles. The summed E-state index contributed by atoms with van der Waals surface area (Å²) < 4.78 is 28.1. The first-order valence-electron chi connectivity index (χ1n) is 11.3. The van der Waals surface area contributed by atoms with Gasteiger partial charge in [0.15, 0.2) is 0 Å². The van der Waals surface area contributed by atoms with E-state index < -0.39 is 10.0 Å². The maximum atomic E-state index is 12.6. The Kier molecular flexibility index (Phi) is 6.10. The maximum absolute atomic E-state index is 12.6. The Hall–Kier alpha value is -1.44. The highest BCUT2D eigenvalue weighted by molar-refractivity contribution is 7.89. The van der Waals surface area contributed by atoms with E-state index in [1.807, 2.05) is 0 Å². The van der Waals surface area contributed by atoms with Gasteiger partial charge in [0.1, 0.15) is 0 Å². The first-order chi connectivity index (χ1) is 15.0. The predicted octanol–water partition coefficient (Wildman–Crippen LogP) is 3.39. The Morgan fingerprint density at radius 1 is 1.03 bits per heavy atom. The number of nitrogens with zero attached hydrogens (tertiary/aromatic N) is 2. The highest BCUT2D eigenvalue weighted by Gasteiger charge is 2.41. The largest absolute Gasteiger partial charge is 0.299 e. The summed E-state index contributed by atoms with van der Waals surface area (Å²) in [7, 11) is -3.50. The zero-order valence-corrected chi connectivity index (χ0v) is 19.3. The minimum Gasteiger partial charge on any atom is -0.299 e. The van der Waals surface area contributed by atoms with Gasteiger partial charge in [0.2, 0.25) is 10.0 Å². The van der Waals surface area contributed by atoms with Crippen molar-refractivity contribution in [1.29, 1.82) is 0 Å². The number of rotatable bonds is 6. The van der Waals surface area contributed by atoms with Gasteiger partial charge in [0.05, 0.1) is 4.90 Å². The van der Waals surface area contributed by atoms with Crippen LogP contribution >= 0.6 is 11.6 Å². The number of hydrogen-bond donors (Lipinski definition) is 1. The Morgan fingerprint density at radius 2 is 1.81 bits per heavy atom. The van der Waals surface area contributed by atoms with E-state index in [4.69, 9.17) is 11.6 Å². The molecule has 4 aliphatic heterocycles. The van der Waals surface area contributed by atoms with Crippen molar-refractivity contribution >= 4 is 21.6 Å². The van der Waals surface area contributed by atoms with E-state index >= 15 is 0 Å². The van der Waals surface area contributed by atoms with Gasteiger partial charge >= 0.3 is 0 Å². The van der Waals surface area contributed by atoms with Crippen LogP contribution in [-0.2, 0) is 23.0 Å². The number of benzene rings is 2. The average molecular weight is 460 g/mol. The monoisotopic (exact) mass is 459 g/mol. The van der Waals surface area contributed by atoms with Gasteiger partial charge in [-0.05, 0) is 73.0 Å². The molecule has 3 fully saturated rings. The normalized spacial score (nSPS) is 28.4. The second-order valence-corrected chi connectivity index (χ2v) is 11.5. The van der Waals surface area contributed by atoms with Crippen LogP contribution in [0.2, 0.25) is 5.02 Å². The van der Waals surface area contributed by atoms with Crippen molar-refractivity contribution in [3.8, 4) is 0 Å². The SMILES string of the molecule is O=S(=O)(NCC1CC2CCN1CC2CN1CCc2ccccc2C1)c1ccc(Cl)cc1. The smallest absolute Gasteiger partial charge is 0.240 e. The first kappa shape index (κ1) is 21.4. The molecule has 5 nitrogen and oxygen atoms in total. The number of sulfonamides is 1. The van der Waals surface area contributed by atoms with Crippen LogP contribution in [0.3, 0.4) is 0 Å². The summed E-state index contributed by atoms with van der Waals surface area (Å²) in [4.78, 5) is 5.40. The molecule has 4 aliphatic rings. The molecule has 2 bridgehead atoms. The number of hydrogen-bond acceptors (Lipinski definition) is 4. The first-order valence-corrected chi connectivity index (χ1v) is 13.1. The molecule has 2 aromatic rings. The molecule has 3 saturated heterocycles. The summed E-state index contributed by atoms with van der Waals surface area (Å²) in [5.41, 5.74) is 2.98. The van der Waals surface area contributed by atoms with Crippen molar-refractivity contribution in [2.24, 2.45) is 11.8 Å². The van der Waals surface area contributed by atoms with Crippen LogP contribution in [0, 0.1) is 11.8 Å². The van der Waals surface area contributed by atoms with E-state index in [0.29, 0.717) is 29.4 Å². The second kappa shape index (κ2) is 8.83. The summed E-state index contributed by atoms with van der Waals surface area (Å²) in [6, 6.07) is 15.5. The van der Waals surface area contributed by atoms with E-state index in [1.54, 1.807) is 24.3 Å². The van der Waals surface area contributed by atoms with Gasteiger partial charge in [0.25, 0.3) is 0 Å². The van der Waals surface area contributed by atoms with E-state index in [1.165, 1.54) is 17.5 Å². The van der Waals surface area contributed by atoms with E-state index in [9.17, 15) is 8.42 Å². The molecule has 4 atom stereocenters. The molecule has 0 spiro atoms.